The van der Waals surface area contributed by atoms with E-state index in [9.17, 15) is 9.59 Å². The van der Waals surface area contributed by atoms with Crippen molar-refractivity contribution in [3.8, 4) is 0 Å². The van der Waals surface area contributed by atoms with Crippen LogP contribution >= 0.6 is 11.3 Å². The van der Waals surface area contributed by atoms with Gasteiger partial charge in [-0.1, -0.05) is 31.9 Å². The summed E-state index contributed by atoms with van der Waals surface area (Å²) < 4.78 is 1.22. The van der Waals surface area contributed by atoms with Crippen LogP contribution in [0.4, 0.5) is 4.79 Å². The number of carbonyl (C=O) groups is 2. The van der Waals surface area contributed by atoms with E-state index in [1.165, 1.54) is 14.6 Å². The maximum Gasteiger partial charge on any atom is 0.326 e. The molecule has 1 aromatic carbocycles. The van der Waals surface area contributed by atoms with Crippen LogP contribution in [-0.2, 0) is 4.79 Å². The Kier molecular flexibility index (Phi) is 4.82. The van der Waals surface area contributed by atoms with E-state index < -0.39 is 5.54 Å². The average Bonchev–Trinajstić information content (AvgIpc) is 3.26. The van der Waals surface area contributed by atoms with Crippen molar-refractivity contribution in [1.82, 2.24) is 20.1 Å². The van der Waals surface area contributed by atoms with Crippen molar-refractivity contribution in [1.29, 1.82) is 0 Å². The Labute approximate surface area is 175 Å². The van der Waals surface area contributed by atoms with Crippen molar-refractivity contribution in [2.45, 2.75) is 56.9 Å². The zero-order chi connectivity index (χ0) is 20.0. The number of nitrogens with zero attached hydrogens (tertiary/aromatic N) is 3. The maximum atomic E-state index is 13.3. The molecular formula is C22H28N4O2S. The predicted octanol–water partition coefficient (Wildman–Crippen LogP) is 3.93. The topological polar surface area (TPSA) is 65.5 Å². The average molecular weight is 413 g/mol. The Morgan fingerprint density at radius 1 is 1.21 bits per heavy atom. The van der Waals surface area contributed by atoms with Gasteiger partial charge in [-0.05, 0) is 50.3 Å². The summed E-state index contributed by atoms with van der Waals surface area (Å²) in [6.07, 6.45) is 6.09. The van der Waals surface area contributed by atoms with Gasteiger partial charge in [0.2, 0.25) is 0 Å². The normalized spacial score (nSPS) is 31.0. The fourth-order valence-electron chi connectivity index (χ4n) is 5.27. The van der Waals surface area contributed by atoms with Crippen molar-refractivity contribution in [3.05, 3.63) is 29.3 Å². The third-order valence-corrected chi connectivity index (χ3v) is 8.21. The predicted molar refractivity (Wildman–Crippen MR) is 114 cm³/mol. The van der Waals surface area contributed by atoms with Crippen LogP contribution in [0.1, 0.15) is 56.4 Å². The lowest BCUT2D eigenvalue weighted by Crippen LogP contribution is -2.54. The number of rotatable bonds is 3. The van der Waals surface area contributed by atoms with Gasteiger partial charge in [0.05, 0.1) is 21.9 Å². The summed E-state index contributed by atoms with van der Waals surface area (Å²) in [5.74, 6) is 0.552. The first-order chi connectivity index (χ1) is 14.1. The van der Waals surface area contributed by atoms with Crippen molar-refractivity contribution in [3.63, 3.8) is 0 Å². The molecule has 7 heteroatoms. The monoisotopic (exact) mass is 412 g/mol. The number of aromatic nitrogens is 1. The first-order valence-electron chi connectivity index (χ1n) is 10.8. The van der Waals surface area contributed by atoms with E-state index in [1.807, 2.05) is 6.07 Å². The van der Waals surface area contributed by atoms with Crippen LogP contribution in [-0.4, -0.2) is 52.0 Å². The van der Waals surface area contributed by atoms with Gasteiger partial charge in [-0.3, -0.25) is 9.69 Å². The van der Waals surface area contributed by atoms with Gasteiger partial charge in [0.25, 0.3) is 5.91 Å². The SMILES string of the molecule is C[C@H]1CCCC[C@@]12NC(=O)N(CN1CCC[C@H](c3nc4ccccc4s3)C1)C2=O. The Bertz CT molecular complexity index is 911. The number of hydrogen-bond acceptors (Lipinski definition) is 5. The summed E-state index contributed by atoms with van der Waals surface area (Å²) in [5, 5.41) is 4.24. The van der Waals surface area contributed by atoms with Crippen LogP contribution in [0.3, 0.4) is 0 Å². The number of hydrogen-bond donors (Lipinski definition) is 1. The molecule has 3 heterocycles. The smallest absolute Gasteiger partial charge is 0.323 e. The quantitative estimate of drug-likeness (QED) is 0.776. The summed E-state index contributed by atoms with van der Waals surface area (Å²) in [4.78, 5) is 34.5. The zero-order valence-corrected chi connectivity index (χ0v) is 17.7. The van der Waals surface area contributed by atoms with Gasteiger partial charge in [0.15, 0.2) is 0 Å². The number of likely N-dealkylation sites (tertiary alicyclic amines) is 1. The molecule has 0 bridgehead atoms. The molecule has 1 saturated carbocycles. The molecule has 29 heavy (non-hydrogen) atoms. The number of benzene rings is 1. The summed E-state index contributed by atoms with van der Waals surface area (Å²) in [5.41, 5.74) is 0.393. The lowest BCUT2D eigenvalue weighted by atomic mass is 9.73. The zero-order valence-electron chi connectivity index (χ0n) is 16.9. The molecule has 1 aromatic heterocycles. The lowest BCUT2D eigenvalue weighted by Gasteiger charge is -2.37. The number of carbonyl (C=O) groups excluding carboxylic acids is 2. The molecule has 1 spiro atoms. The van der Waals surface area contributed by atoms with Crippen molar-refractivity contribution < 1.29 is 9.59 Å². The molecule has 3 amide bonds. The van der Waals surface area contributed by atoms with E-state index >= 15 is 0 Å². The number of fused-ring (bicyclic) bond motifs is 1. The minimum atomic E-state index is -0.669. The number of urea groups is 1. The molecule has 1 N–H and O–H groups in total. The highest BCUT2D eigenvalue weighted by molar-refractivity contribution is 7.18. The Balaban J connectivity index is 1.30. The number of imide groups is 1. The Morgan fingerprint density at radius 2 is 2.07 bits per heavy atom. The summed E-state index contributed by atoms with van der Waals surface area (Å²) in [6, 6.07) is 8.05. The number of para-hydroxylation sites is 1. The Morgan fingerprint density at radius 3 is 2.90 bits per heavy atom. The van der Waals surface area contributed by atoms with Gasteiger partial charge in [0.1, 0.15) is 5.54 Å². The fraction of sp³-hybridized carbons (Fsp3) is 0.591. The van der Waals surface area contributed by atoms with Crippen LogP contribution < -0.4 is 5.32 Å². The first-order valence-corrected chi connectivity index (χ1v) is 11.6. The molecular weight excluding hydrogens is 384 g/mol. The number of nitrogens with one attached hydrogen (secondary N) is 1. The van der Waals surface area contributed by atoms with Gasteiger partial charge in [-0.2, -0.15) is 0 Å². The highest BCUT2D eigenvalue weighted by Crippen LogP contribution is 2.39. The molecule has 6 nitrogen and oxygen atoms in total. The second-order valence-electron chi connectivity index (χ2n) is 8.86. The van der Waals surface area contributed by atoms with Crippen molar-refractivity contribution in [2.24, 2.45) is 5.92 Å². The van der Waals surface area contributed by atoms with Crippen LogP contribution in [0, 0.1) is 5.92 Å². The third-order valence-electron chi connectivity index (χ3n) is 7.01. The highest BCUT2D eigenvalue weighted by Gasteiger charge is 2.55. The second kappa shape index (κ2) is 7.36. The minimum absolute atomic E-state index is 0.0168. The summed E-state index contributed by atoms with van der Waals surface area (Å²) >= 11 is 1.77. The lowest BCUT2D eigenvalue weighted by molar-refractivity contribution is -0.135. The van der Waals surface area contributed by atoms with Crippen LogP contribution in [0.2, 0.25) is 0 Å². The van der Waals surface area contributed by atoms with E-state index in [0.717, 1.165) is 57.1 Å². The molecule has 0 radical (unpaired) electrons. The molecule has 3 fully saturated rings. The molecule has 3 atom stereocenters. The van der Waals surface area contributed by atoms with E-state index in [1.54, 1.807) is 11.3 Å². The molecule has 2 aromatic rings. The number of piperidine rings is 1. The van der Waals surface area contributed by atoms with Gasteiger partial charge < -0.3 is 5.32 Å². The Hall–Kier alpha value is -1.99. The summed E-state index contributed by atoms with van der Waals surface area (Å²) in [7, 11) is 0. The number of amides is 3. The third kappa shape index (κ3) is 3.24. The molecule has 5 rings (SSSR count). The van der Waals surface area contributed by atoms with Crippen molar-refractivity contribution in [2.75, 3.05) is 19.8 Å². The standard InChI is InChI=1S/C22H28N4O2S/c1-15-7-4-5-11-22(15)20(27)26(21(28)24-22)14-25-12-6-8-16(13-25)19-23-17-9-2-3-10-18(17)29-19/h2-3,9-10,15-16H,4-8,11-14H2,1H3,(H,24,28)/t15-,16-,22+/m0/s1. The molecule has 2 aliphatic heterocycles. The summed E-state index contributed by atoms with van der Waals surface area (Å²) in [6.45, 7) is 4.26. The van der Waals surface area contributed by atoms with Gasteiger partial charge in [-0.25, -0.2) is 14.7 Å². The molecule has 2 saturated heterocycles. The van der Waals surface area contributed by atoms with E-state index in [4.69, 9.17) is 4.98 Å². The molecule has 0 unspecified atom stereocenters. The minimum Gasteiger partial charge on any atom is -0.323 e. The van der Waals surface area contributed by atoms with E-state index in [0.29, 0.717) is 12.6 Å². The van der Waals surface area contributed by atoms with Crippen molar-refractivity contribution >= 4 is 33.5 Å². The largest absolute Gasteiger partial charge is 0.326 e. The van der Waals surface area contributed by atoms with Crippen LogP contribution in [0.5, 0.6) is 0 Å². The van der Waals surface area contributed by atoms with E-state index in [2.05, 4.69) is 35.3 Å². The maximum absolute atomic E-state index is 13.3. The van der Waals surface area contributed by atoms with Gasteiger partial charge >= 0.3 is 6.03 Å². The molecule has 154 valence electrons. The van der Waals surface area contributed by atoms with Gasteiger partial charge in [-0.15, -0.1) is 11.3 Å². The highest BCUT2D eigenvalue weighted by atomic mass is 32.1. The van der Waals surface area contributed by atoms with E-state index in [-0.39, 0.29) is 17.9 Å². The fourth-order valence-corrected chi connectivity index (χ4v) is 6.37. The second-order valence-corrected chi connectivity index (χ2v) is 9.92. The molecule has 3 aliphatic rings. The molecule has 1 aliphatic carbocycles. The van der Waals surface area contributed by atoms with Crippen LogP contribution in [0.15, 0.2) is 24.3 Å². The first kappa shape index (κ1) is 19.0. The van der Waals surface area contributed by atoms with Gasteiger partial charge in [0, 0.05) is 12.5 Å². The van der Waals surface area contributed by atoms with Crippen LogP contribution in [0.25, 0.3) is 10.2 Å². The number of thiazole rings is 1.